The number of hydrogen-bond acceptors (Lipinski definition) is 5. The maximum Gasteiger partial charge on any atom is 0.269 e. The molecule has 0 aliphatic heterocycles. The van der Waals surface area contributed by atoms with Crippen molar-refractivity contribution in [3.63, 3.8) is 0 Å². The van der Waals surface area contributed by atoms with Crippen LogP contribution in [0.15, 0.2) is 29.2 Å². The molecule has 19 heavy (non-hydrogen) atoms. The number of β-amino-alcohol motifs (C(OH)–C–C–N with tert-alkyl or cyclic N) is 1. The van der Waals surface area contributed by atoms with E-state index in [9.17, 15) is 15.2 Å². The SMILES string of the molecule is CC(C)(C)NCC(O)CSc1ccc([N+](=O)[O-])cc1. The Morgan fingerprint density at radius 1 is 1.37 bits per heavy atom. The van der Waals surface area contributed by atoms with Gasteiger partial charge in [-0.1, -0.05) is 0 Å². The zero-order valence-electron chi connectivity index (χ0n) is 11.4. The Labute approximate surface area is 117 Å². The Kier molecular flexibility index (Phi) is 5.78. The van der Waals surface area contributed by atoms with E-state index in [2.05, 4.69) is 5.32 Å². The molecule has 5 nitrogen and oxygen atoms in total. The molecule has 0 fully saturated rings. The lowest BCUT2D eigenvalue weighted by molar-refractivity contribution is -0.384. The molecule has 0 heterocycles. The highest BCUT2D eigenvalue weighted by Gasteiger charge is 2.12. The van der Waals surface area contributed by atoms with Crippen molar-refractivity contribution in [2.75, 3.05) is 12.3 Å². The molecule has 1 rings (SSSR count). The number of aliphatic hydroxyl groups is 1. The number of non-ortho nitro benzene ring substituents is 1. The first-order valence-electron chi connectivity index (χ1n) is 6.08. The Balaban J connectivity index is 2.37. The van der Waals surface area contributed by atoms with Gasteiger partial charge in [-0.05, 0) is 32.9 Å². The Morgan fingerprint density at radius 3 is 2.42 bits per heavy atom. The van der Waals surface area contributed by atoms with Crippen LogP contribution in [0.3, 0.4) is 0 Å². The topological polar surface area (TPSA) is 75.4 Å². The minimum absolute atomic E-state index is 0.0149. The molecule has 106 valence electrons. The molecule has 0 spiro atoms. The average molecular weight is 284 g/mol. The van der Waals surface area contributed by atoms with E-state index < -0.39 is 11.0 Å². The van der Waals surface area contributed by atoms with E-state index >= 15 is 0 Å². The van der Waals surface area contributed by atoms with Crippen LogP contribution in [0.5, 0.6) is 0 Å². The van der Waals surface area contributed by atoms with E-state index in [1.165, 1.54) is 23.9 Å². The summed E-state index contributed by atoms with van der Waals surface area (Å²) in [5.74, 6) is 0.556. The smallest absolute Gasteiger partial charge is 0.269 e. The van der Waals surface area contributed by atoms with Crippen molar-refractivity contribution in [1.29, 1.82) is 0 Å². The second kappa shape index (κ2) is 6.88. The van der Waals surface area contributed by atoms with Gasteiger partial charge in [0.15, 0.2) is 0 Å². The van der Waals surface area contributed by atoms with Gasteiger partial charge < -0.3 is 10.4 Å². The summed E-state index contributed by atoms with van der Waals surface area (Å²) in [4.78, 5) is 11.0. The van der Waals surface area contributed by atoms with Gasteiger partial charge in [0.2, 0.25) is 0 Å². The largest absolute Gasteiger partial charge is 0.391 e. The number of nitro groups is 1. The highest BCUT2D eigenvalue weighted by molar-refractivity contribution is 7.99. The molecule has 2 N–H and O–H groups in total. The molecule has 1 unspecified atom stereocenters. The first kappa shape index (κ1) is 15.9. The zero-order valence-corrected chi connectivity index (χ0v) is 12.2. The van der Waals surface area contributed by atoms with Crippen LogP contribution in [0.2, 0.25) is 0 Å². The number of aliphatic hydroxyl groups excluding tert-OH is 1. The van der Waals surface area contributed by atoms with Crippen molar-refractivity contribution in [2.45, 2.75) is 37.3 Å². The second-order valence-corrected chi connectivity index (χ2v) is 6.44. The maximum absolute atomic E-state index is 10.5. The van der Waals surface area contributed by atoms with Gasteiger partial charge in [-0.15, -0.1) is 11.8 Å². The molecule has 0 aliphatic carbocycles. The minimum atomic E-state index is -0.445. The van der Waals surface area contributed by atoms with E-state index in [4.69, 9.17) is 0 Å². The number of nitrogens with zero attached hydrogens (tertiary/aromatic N) is 1. The van der Waals surface area contributed by atoms with Gasteiger partial charge in [-0.3, -0.25) is 10.1 Å². The molecule has 0 saturated carbocycles. The Hall–Kier alpha value is -1.11. The van der Waals surface area contributed by atoms with Crippen molar-refractivity contribution in [3.8, 4) is 0 Å². The van der Waals surface area contributed by atoms with E-state index in [0.717, 1.165) is 4.90 Å². The third-order valence-electron chi connectivity index (χ3n) is 2.36. The summed E-state index contributed by atoms with van der Waals surface area (Å²) in [6.45, 7) is 6.67. The fourth-order valence-corrected chi connectivity index (χ4v) is 2.17. The summed E-state index contributed by atoms with van der Waals surface area (Å²) in [6, 6.07) is 6.35. The van der Waals surface area contributed by atoms with Crippen LogP contribution in [-0.4, -0.2) is 34.0 Å². The van der Waals surface area contributed by atoms with Gasteiger partial charge in [0.25, 0.3) is 5.69 Å². The lowest BCUT2D eigenvalue weighted by Gasteiger charge is -2.22. The van der Waals surface area contributed by atoms with E-state index in [-0.39, 0.29) is 11.2 Å². The molecule has 1 aromatic rings. The second-order valence-electron chi connectivity index (χ2n) is 5.35. The number of nitrogens with one attached hydrogen (secondary N) is 1. The fourth-order valence-electron chi connectivity index (χ4n) is 1.34. The predicted octanol–water partition coefficient (Wildman–Crippen LogP) is 2.44. The van der Waals surface area contributed by atoms with E-state index in [1.54, 1.807) is 12.1 Å². The zero-order chi connectivity index (χ0) is 14.5. The number of benzene rings is 1. The van der Waals surface area contributed by atoms with Gasteiger partial charge >= 0.3 is 0 Å². The molecular weight excluding hydrogens is 264 g/mol. The Bertz CT molecular complexity index is 415. The van der Waals surface area contributed by atoms with Crippen LogP contribution in [0.4, 0.5) is 5.69 Å². The minimum Gasteiger partial charge on any atom is -0.391 e. The van der Waals surface area contributed by atoms with Gasteiger partial charge in [-0.2, -0.15) is 0 Å². The normalized spacial score (nSPS) is 13.3. The summed E-state index contributed by atoms with van der Waals surface area (Å²) >= 11 is 1.49. The summed E-state index contributed by atoms with van der Waals surface area (Å²) in [5.41, 5.74) is 0.0678. The molecule has 0 bridgehead atoms. The van der Waals surface area contributed by atoms with Crippen LogP contribution >= 0.6 is 11.8 Å². The van der Waals surface area contributed by atoms with E-state index in [1.807, 2.05) is 20.8 Å². The number of rotatable bonds is 6. The van der Waals surface area contributed by atoms with Gasteiger partial charge in [0.05, 0.1) is 11.0 Å². The third kappa shape index (κ3) is 6.56. The molecular formula is C13H20N2O3S. The maximum atomic E-state index is 10.5. The molecule has 0 radical (unpaired) electrons. The first-order valence-corrected chi connectivity index (χ1v) is 7.07. The van der Waals surface area contributed by atoms with Crippen LogP contribution in [0, 0.1) is 10.1 Å². The summed E-state index contributed by atoms with van der Waals surface area (Å²) in [7, 11) is 0. The summed E-state index contributed by atoms with van der Waals surface area (Å²) < 4.78 is 0. The van der Waals surface area contributed by atoms with E-state index in [0.29, 0.717) is 12.3 Å². The molecule has 0 saturated heterocycles. The van der Waals surface area contributed by atoms with Crippen LogP contribution in [0.25, 0.3) is 0 Å². The van der Waals surface area contributed by atoms with Crippen molar-refractivity contribution >= 4 is 17.4 Å². The molecule has 1 atom stereocenters. The van der Waals surface area contributed by atoms with Crippen LogP contribution in [0.1, 0.15) is 20.8 Å². The van der Waals surface area contributed by atoms with Crippen molar-refractivity contribution in [2.24, 2.45) is 0 Å². The van der Waals surface area contributed by atoms with Gasteiger partial charge in [-0.25, -0.2) is 0 Å². The number of thioether (sulfide) groups is 1. The highest BCUT2D eigenvalue weighted by atomic mass is 32.2. The third-order valence-corrected chi connectivity index (χ3v) is 3.51. The fraction of sp³-hybridized carbons (Fsp3) is 0.538. The number of nitro benzene ring substituents is 1. The molecule has 6 heteroatoms. The molecule has 0 amide bonds. The van der Waals surface area contributed by atoms with Crippen LogP contribution < -0.4 is 5.32 Å². The highest BCUT2D eigenvalue weighted by Crippen LogP contribution is 2.21. The Morgan fingerprint density at radius 2 is 1.95 bits per heavy atom. The standard InChI is InChI=1S/C13H20N2O3S/c1-13(2,3)14-8-11(16)9-19-12-6-4-10(5-7-12)15(17)18/h4-7,11,14,16H,8-9H2,1-3H3. The average Bonchev–Trinajstić information content (AvgIpc) is 2.33. The number of hydrogen-bond donors (Lipinski definition) is 2. The predicted molar refractivity (Wildman–Crippen MR) is 77.6 cm³/mol. The molecule has 0 aliphatic rings. The molecule has 0 aromatic heterocycles. The summed E-state index contributed by atoms with van der Waals surface area (Å²) in [6.07, 6.45) is -0.445. The first-order chi connectivity index (χ1) is 8.78. The lowest BCUT2D eigenvalue weighted by Crippen LogP contribution is -2.41. The van der Waals surface area contributed by atoms with Crippen molar-refractivity contribution in [3.05, 3.63) is 34.4 Å². The van der Waals surface area contributed by atoms with Gasteiger partial charge in [0, 0.05) is 34.9 Å². The monoisotopic (exact) mass is 284 g/mol. The van der Waals surface area contributed by atoms with Crippen LogP contribution in [-0.2, 0) is 0 Å². The van der Waals surface area contributed by atoms with Crippen molar-refractivity contribution < 1.29 is 10.0 Å². The van der Waals surface area contributed by atoms with Gasteiger partial charge in [0.1, 0.15) is 0 Å². The quantitative estimate of drug-likeness (QED) is 0.477. The lowest BCUT2D eigenvalue weighted by atomic mass is 10.1. The summed E-state index contributed by atoms with van der Waals surface area (Å²) in [5, 5.41) is 23.6. The molecule has 1 aromatic carbocycles. The van der Waals surface area contributed by atoms with Crippen molar-refractivity contribution in [1.82, 2.24) is 5.32 Å².